The Bertz CT molecular complexity index is 640. The van der Waals surface area contributed by atoms with Crippen molar-refractivity contribution in [1.82, 2.24) is 9.55 Å². The topological polar surface area (TPSA) is 92.9 Å². The Morgan fingerprint density at radius 3 is 2.45 bits per heavy atom. The Morgan fingerprint density at radius 2 is 1.95 bits per heavy atom. The van der Waals surface area contributed by atoms with Gasteiger partial charge in [0.05, 0.1) is 11.7 Å². The minimum absolute atomic E-state index is 0.0766. The van der Waals surface area contributed by atoms with E-state index in [1.807, 2.05) is 13.8 Å². The van der Waals surface area contributed by atoms with Gasteiger partial charge in [-0.2, -0.15) is 0 Å². The third-order valence-electron chi connectivity index (χ3n) is 3.08. The van der Waals surface area contributed by atoms with Gasteiger partial charge >= 0.3 is 5.69 Å². The van der Waals surface area contributed by atoms with Gasteiger partial charge in [0, 0.05) is 18.1 Å². The van der Waals surface area contributed by atoms with Crippen molar-refractivity contribution in [3.05, 3.63) is 47.1 Å². The second-order valence-electron chi connectivity index (χ2n) is 4.94. The van der Waals surface area contributed by atoms with Crippen LogP contribution in [-0.4, -0.2) is 21.5 Å². The molecule has 2 aromatic rings. The molecule has 6 nitrogen and oxygen atoms in total. The molecule has 0 bridgehead atoms. The number of hydrogen-bond acceptors (Lipinski definition) is 3. The SMILES string of the molecule is CC(C)[C@@H](N)C(=O)Nc1ccc(-n2cc[nH]c2=O)cc1. The van der Waals surface area contributed by atoms with Crippen LogP contribution in [0.1, 0.15) is 13.8 Å². The molecule has 1 aromatic heterocycles. The number of imidazole rings is 1. The summed E-state index contributed by atoms with van der Waals surface area (Å²) >= 11 is 0. The zero-order valence-electron chi connectivity index (χ0n) is 11.5. The summed E-state index contributed by atoms with van der Waals surface area (Å²) in [5.41, 5.74) is 6.94. The number of nitrogens with two attached hydrogens (primary N) is 1. The standard InChI is InChI=1S/C14H18N4O2/c1-9(2)12(15)13(19)17-10-3-5-11(6-4-10)18-8-7-16-14(18)20/h3-9,12H,15H2,1-2H3,(H,16,20)(H,17,19)/t12-/m1/s1. The third-order valence-corrected chi connectivity index (χ3v) is 3.08. The van der Waals surface area contributed by atoms with Crippen LogP contribution in [0.15, 0.2) is 41.5 Å². The van der Waals surface area contributed by atoms with Crippen LogP contribution in [0.25, 0.3) is 5.69 Å². The molecule has 0 aliphatic rings. The number of anilines is 1. The van der Waals surface area contributed by atoms with Gasteiger partial charge < -0.3 is 16.0 Å². The maximum atomic E-state index is 11.8. The van der Waals surface area contributed by atoms with Gasteiger partial charge in [0.25, 0.3) is 0 Å². The number of nitrogens with one attached hydrogen (secondary N) is 2. The lowest BCUT2D eigenvalue weighted by molar-refractivity contribution is -0.118. The molecule has 1 atom stereocenters. The van der Waals surface area contributed by atoms with Gasteiger partial charge in [0.1, 0.15) is 0 Å². The second-order valence-corrected chi connectivity index (χ2v) is 4.94. The molecule has 4 N–H and O–H groups in total. The van der Waals surface area contributed by atoms with Gasteiger partial charge in [-0.25, -0.2) is 4.79 Å². The molecule has 0 aliphatic carbocycles. The van der Waals surface area contributed by atoms with Gasteiger partial charge in [0.2, 0.25) is 5.91 Å². The van der Waals surface area contributed by atoms with E-state index in [9.17, 15) is 9.59 Å². The first-order valence-electron chi connectivity index (χ1n) is 6.42. The molecular weight excluding hydrogens is 256 g/mol. The van der Waals surface area contributed by atoms with E-state index < -0.39 is 6.04 Å². The molecule has 0 fully saturated rings. The van der Waals surface area contributed by atoms with E-state index in [0.29, 0.717) is 5.69 Å². The van der Waals surface area contributed by atoms with Gasteiger partial charge in [0.15, 0.2) is 0 Å². The van der Waals surface area contributed by atoms with Crippen molar-refractivity contribution < 1.29 is 4.79 Å². The molecule has 0 saturated carbocycles. The van der Waals surface area contributed by atoms with Crippen LogP contribution < -0.4 is 16.7 Å². The Kier molecular flexibility index (Phi) is 4.05. The van der Waals surface area contributed by atoms with E-state index in [4.69, 9.17) is 5.73 Å². The maximum absolute atomic E-state index is 11.8. The summed E-state index contributed by atoms with van der Waals surface area (Å²) in [7, 11) is 0. The number of hydrogen-bond donors (Lipinski definition) is 3. The summed E-state index contributed by atoms with van der Waals surface area (Å²) in [5, 5.41) is 2.75. The number of nitrogens with zero attached hydrogens (tertiary/aromatic N) is 1. The van der Waals surface area contributed by atoms with Crippen LogP contribution in [0.3, 0.4) is 0 Å². The summed E-state index contributed by atoms with van der Waals surface area (Å²) in [6.07, 6.45) is 3.21. The number of amides is 1. The zero-order chi connectivity index (χ0) is 14.7. The lowest BCUT2D eigenvalue weighted by Crippen LogP contribution is -2.39. The van der Waals surface area contributed by atoms with E-state index in [1.165, 1.54) is 4.57 Å². The average molecular weight is 274 g/mol. The molecule has 1 amide bonds. The van der Waals surface area contributed by atoms with E-state index in [-0.39, 0.29) is 17.5 Å². The third kappa shape index (κ3) is 2.97. The largest absolute Gasteiger partial charge is 0.330 e. The molecule has 106 valence electrons. The highest BCUT2D eigenvalue weighted by Gasteiger charge is 2.17. The predicted octanol–water partition coefficient (Wildman–Crippen LogP) is 1.09. The first-order valence-corrected chi connectivity index (χ1v) is 6.42. The highest BCUT2D eigenvalue weighted by Crippen LogP contribution is 2.13. The number of carbonyl (C=O) groups excluding carboxylic acids is 1. The number of rotatable bonds is 4. The van der Waals surface area contributed by atoms with E-state index in [2.05, 4.69) is 10.3 Å². The number of H-pyrrole nitrogens is 1. The minimum atomic E-state index is -0.540. The quantitative estimate of drug-likeness (QED) is 0.779. The molecular formula is C14H18N4O2. The fourth-order valence-corrected chi connectivity index (χ4v) is 1.76. The van der Waals surface area contributed by atoms with Crippen molar-refractivity contribution in [2.24, 2.45) is 11.7 Å². The summed E-state index contributed by atoms with van der Waals surface area (Å²) in [6, 6.07) is 6.44. The monoisotopic (exact) mass is 274 g/mol. The molecule has 2 rings (SSSR count). The molecule has 1 heterocycles. The summed E-state index contributed by atoms with van der Waals surface area (Å²) in [6.45, 7) is 3.79. The van der Waals surface area contributed by atoms with Crippen LogP contribution >= 0.6 is 0 Å². The highest BCUT2D eigenvalue weighted by molar-refractivity contribution is 5.94. The van der Waals surface area contributed by atoms with Crippen molar-refractivity contribution in [2.75, 3.05) is 5.32 Å². The summed E-state index contributed by atoms with van der Waals surface area (Å²) in [4.78, 5) is 25.9. The predicted molar refractivity (Wildman–Crippen MR) is 77.8 cm³/mol. The van der Waals surface area contributed by atoms with Gasteiger partial charge in [-0.05, 0) is 30.2 Å². The average Bonchev–Trinajstić information content (AvgIpc) is 2.85. The maximum Gasteiger partial charge on any atom is 0.330 e. The van der Waals surface area contributed by atoms with Crippen molar-refractivity contribution >= 4 is 11.6 Å². The lowest BCUT2D eigenvalue weighted by atomic mass is 10.0. The molecule has 6 heteroatoms. The van der Waals surface area contributed by atoms with E-state index >= 15 is 0 Å². The van der Waals surface area contributed by atoms with Crippen molar-refractivity contribution in [3.63, 3.8) is 0 Å². The van der Waals surface area contributed by atoms with Crippen LogP contribution in [0, 0.1) is 5.92 Å². The smallest absolute Gasteiger partial charge is 0.325 e. The fourth-order valence-electron chi connectivity index (χ4n) is 1.76. The summed E-state index contributed by atoms with van der Waals surface area (Å²) in [5.74, 6) is -0.140. The normalized spacial score (nSPS) is 12.4. The van der Waals surface area contributed by atoms with Crippen molar-refractivity contribution in [1.29, 1.82) is 0 Å². The number of benzene rings is 1. The summed E-state index contributed by atoms with van der Waals surface area (Å²) < 4.78 is 1.48. The van der Waals surface area contributed by atoms with E-state index in [0.717, 1.165) is 5.69 Å². The highest BCUT2D eigenvalue weighted by atomic mass is 16.2. The molecule has 1 aromatic carbocycles. The number of aromatic amines is 1. The molecule has 0 aliphatic heterocycles. The van der Waals surface area contributed by atoms with Gasteiger partial charge in [-0.1, -0.05) is 13.8 Å². The van der Waals surface area contributed by atoms with Gasteiger partial charge in [-0.15, -0.1) is 0 Å². The number of aromatic nitrogens is 2. The van der Waals surface area contributed by atoms with Crippen LogP contribution in [0.5, 0.6) is 0 Å². The van der Waals surface area contributed by atoms with E-state index in [1.54, 1.807) is 36.7 Å². The Labute approximate surface area is 116 Å². The Balaban J connectivity index is 2.11. The first kappa shape index (κ1) is 14.1. The van der Waals surface area contributed by atoms with Gasteiger partial charge in [-0.3, -0.25) is 9.36 Å². The Hall–Kier alpha value is -2.34. The molecule has 0 spiro atoms. The van der Waals surface area contributed by atoms with Crippen molar-refractivity contribution in [2.45, 2.75) is 19.9 Å². The molecule has 20 heavy (non-hydrogen) atoms. The second kappa shape index (κ2) is 5.75. The first-order chi connectivity index (χ1) is 9.49. The van der Waals surface area contributed by atoms with Crippen LogP contribution in [0.4, 0.5) is 5.69 Å². The zero-order valence-corrected chi connectivity index (χ0v) is 11.5. The van der Waals surface area contributed by atoms with Crippen LogP contribution in [0.2, 0.25) is 0 Å². The number of carbonyl (C=O) groups is 1. The minimum Gasteiger partial charge on any atom is -0.325 e. The lowest BCUT2D eigenvalue weighted by Gasteiger charge is -2.15. The molecule has 0 saturated heterocycles. The molecule has 0 unspecified atom stereocenters. The Morgan fingerprint density at radius 1 is 1.30 bits per heavy atom. The fraction of sp³-hybridized carbons (Fsp3) is 0.286. The van der Waals surface area contributed by atoms with Crippen LogP contribution in [-0.2, 0) is 4.79 Å². The van der Waals surface area contributed by atoms with Crippen molar-refractivity contribution in [3.8, 4) is 5.69 Å². The molecule has 0 radical (unpaired) electrons.